The van der Waals surface area contributed by atoms with Crippen molar-refractivity contribution in [1.82, 2.24) is 14.9 Å². The number of carbonyl (C=O) groups excluding carboxylic acids is 1. The molecule has 0 aliphatic carbocycles. The first-order valence-electron chi connectivity index (χ1n) is 8.53. The number of hydrogen-bond donors (Lipinski definition) is 1. The van der Waals surface area contributed by atoms with Crippen molar-refractivity contribution in [3.05, 3.63) is 53.0 Å². The zero-order chi connectivity index (χ0) is 17.8. The third-order valence-electron chi connectivity index (χ3n) is 4.64. The maximum Gasteiger partial charge on any atom is 0.323 e. The van der Waals surface area contributed by atoms with Gasteiger partial charge in [0.05, 0.1) is 18.3 Å². The van der Waals surface area contributed by atoms with E-state index in [2.05, 4.69) is 47.3 Å². The lowest BCUT2D eigenvalue weighted by atomic mass is 9.95. The summed E-state index contributed by atoms with van der Waals surface area (Å²) in [5.74, 6) is 0.499. The second-order valence-electron chi connectivity index (χ2n) is 6.41. The Balaban J connectivity index is 1.78. The average molecular weight is 340 g/mol. The number of hydrogen-bond acceptors (Lipinski definition) is 4. The molecule has 1 aromatic heterocycles. The molecule has 1 atom stereocenters. The molecule has 2 aromatic rings. The second kappa shape index (κ2) is 7.61. The lowest BCUT2D eigenvalue weighted by Crippen LogP contribution is -2.35. The smallest absolute Gasteiger partial charge is 0.323 e. The summed E-state index contributed by atoms with van der Waals surface area (Å²) in [5.41, 5.74) is 4.46. The molecule has 0 bridgehead atoms. The van der Waals surface area contributed by atoms with Gasteiger partial charge in [0, 0.05) is 19.7 Å². The van der Waals surface area contributed by atoms with E-state index in [0.29, 0.717) is 12.4 Å². The predicted octanol–water partition coefficient (Wildman–Crippen LogP) is 3.61. The predicted molar refractivity (Wildman–Crippen MR) is 96.4 cm³/mol. The molecular formula is C19H24N4O2. The highest BCUT2D eigenvalue weighted by Crippen LogP contribution is 2.35. The van der Waals surface area contributed by atoms with Crippen LogP contribution in [0.4, 0.5) is 10.6 Å². The zero-order valence-electron chi connectivity index (χ0n) is 15.0. The molecule has 6 nitrogen and oxygen atoms in total. The summed E-state index contributed by atoms with van der Waals surface area (Å²) >= 11 is 0. The molecule has 1 unspecified atom stereocenters. The van der Waals surface area contributed by atoms with E-state index < -0.39 is 0 Å². The van der Waals surface area contributed by atoms with Crippen molar-refractivity contribution in [1.29, 1.82) is 0 Å². The SMILES string of the molecule is COCc1cc(NC(=O)N2CCCC2c2c(C)cccc2C)ncn1. The van der Waals surface area contributed by atoms with Gasteiger partial charge >= 0.3 is 6.03 Å². The van der Waals surface area contributed by atoms with Crippen molar-refractivity contribution in [3.8, 4) is 0 Å². The van der Waals surface area contributed by atoms with E-state index in [4.69, 9.17) is 4.74 Å². The molecule has 2 heterocycles. The lowest BCUT2D eigenvalue weighted by molar-refractivity contribution is 0.181. The molecule has 0 spiro atoms. The van der Waals surface area contributed by atoms with Gasteiger partial charge in [-0.1, -0.05) is 18.2 Å². The number of nitrogens with zero attached hydrogens (tertiary/aromatic N) is 3. The number of anilines is 1. The maximum absolute atomic E-state index is 12.8. The Hall–Kier alpha value is -2.47. The van der Waals surface area contributed by atoms with E-state index in [9.17, 15) is 4.79 Å². The highest BCUT2D eigenvalue weighted by atomic mass is 16.5. The number of amides is 2. The third-order valence-corrected chi connectivity index (χ3v) is 4.64. The standard InChI is InChI=1S/C19H24N4O2/c1-13-6-4-7-14(2)18(13)16-8-5-9-23(16)19(24)22-17-10-15(11-25-3)20-12-21-17/h4,6-7,10,12,16H,5,8-9,11H2,1-3H3,(H,20,21,22,24). The third kappa shape index (κ3) is 3.79. The van der Waals surface area contributed by atoms with E-state index in [1.807, 2.05) is 4.90 Å². The first kappa shape index (κ1) is 17.4. The van der Waals surface area contributed by atoms with E-state index in [-0.39, 0.29) is 12.1 Å². The van der Waals surface area contributed by atoms with Crippen LogP contribution in [0.25, 0.3) is 0 Å². The van der Waals surface area contributed by atoms with Gasteiger partial charge in [-0.25, -0.2) is 14.8 Å². The number of likely N-dealkylation sites (tertiary alicyclic amines) is 1. The van der Waals surface area contributed by atoms with Gasteiger partial charge in [-0.05, 0) is 43.4 Å². The topological polar surface area (TPSA) is 67.3 Å². The van der Waals surface area contributed by atoms with Gasteiger partial charge in [0.2, 0.25) is 0 Å². The Labute approximate surface area is 148 Å². The Bertz CT molecular complexity index is 743. The number of ether oxygens (including phenoxy) is 1. The Morgan fingerprint density at radius 3 is 2.80 bits per heavy atom. The number of aryl methyl sites for hydroxylation is 2. The van der Waals surface area contributed by atoms with Crippen molar-refractivity contribution < 1.29 is 9.53 Å². The van der Waals surface area contributed by atoms with Gasteiger partial charge in [0.25, 0.3) is 0 Å². The van der Waals surface area contributed by atoms with Crippen LogP contribution in [0.3, 0.4) is 0 Å². The second-order valence-corrected chi connectivity index (χ2v) is 6.41. The van der Waals surface area contributed by atoms with E-state index in [0.717, 1.165) is 25.1 Å². The van der Waals surface area contributed by atoms with Gasteiger partial charge in [-0.15, -0.1) is 0 Å². The van der Waals surface area contributed by atoms with Crippen LogP contribution in [-0.2, 0) is 11.3 Å². The van der Waals surface area contributed by atoms with E-state index in [1.165, 1.54) is 23.0 Å². The number of aromatic nitrogens is 2. The largest absolute Gasteiger partial charge is 0.378 e. The highest BCUT2D eigenvalue weighted by Gasteiger charge is 2.31. The van der Waals surface area contributed by atoms with Crippen LogP contribution in [0.15, 0.2) is 30.6 Å². The minimum absolute atomic E-state index is 0.112. The minimum atomic E-state index is -0.118. The molecule has 2 amide bonds. The molecule has 1 aromatic carbocycles. The van der Waals surface area contributed by atoms with Crippen molar-refractivity contribution >= 4 is 11.8 Å². The molecule has 0 radical (unpaired) electrons. The average Bonchev–Trinajstić information content (AvgIpc) is 3.05. The van der Waals surface area contributed by atoms with E-state index in [1.54, 1.807) is 13.2 Å². The minimum Gasteiger partial charge on any atom is -0.378 e. The molecule has 132 valence electrons. The monoisotopic (exact) mass is 340 g/mol. The van der Waals surface area contributed by atoms with E-state index >= 15 is 0 Å². The maximum atomic E-state index is 12.8. The molecule has 25 heavy (non-hydrogen) atoms. The summed E-state index contributed by atoms with van der Waals surface area (Å²) in [6.07, 6.45) is 3.43. The van der Waals surface area contributed by atoms with Gasteiger partial charge in [0.1, 0.15) is 12.1 Å². The van der Waals surface area contributed by atoms with Gasteiger partial charge in [-0.2, -0.15) is 0 Å². The van der Waals surface area contributed by atoms with Crippen molar-refractivity contribution in [2.45, 2.75) is 39.3 Å². The molecule has 1 aliphatic rings. The molecule has 3 rings (SSSR count). The lowest BCUT2D eigenvalue weighted by Gasteiger charge is -2.27. The van der Waals surface area contributed by atoms with Crippen molar-refractivity contribution in [3.63, 3.8) is 0 Å². The number of benzene rings is 1. The number of carbonyl (C=O) groups is 1. The first-order chi connectivity index (χ1) is 12.1. The Morgan fingerprint density at radius 2 is 2.08 bits per heavy atom. The molecule has 1 N–H and O–H groups in total. The molecular weight excluding hydrogens is 316 g/mol. The quantitative estimate of drug-likeness (QED) is 0.923. The van der Waals surface area contributed by atoms with Crippen LogP contribution < -0.4 is 5.32 Å². The summed E-state index contributed by atoms with van der Waals surface area (Å²) in [5, 5.41) is 2.90. The summed E-state index contributed by atoms with van der Waals surface area (Å²) < 4.78 is 5.08. The van der Waals surface area contributed by atoms with Crippen molar-refractivity contribution in [2.24, 2.45) is 0 Å². The normalized spacial score (nSPS) is 16.9. The zero-order valence-corrected chi connectivity index (χ0v) is 15.0. The Kier molecular flexibility index (Phi) is 5.28. The van der Waals surface area contributed by atoms with Crippen LogP contribution in [-0.4, -0.2) is 34.6 Å². The highest BCUT2D eigenvalue weighted by molar-refractivity contribution is 5.88. The number of rotatable bonds is 4. The van der Waals surface area contributed by atoms with Crippen LogP contribution in [0.1, 0.15) is 41.3 Å². The number of urea groups is 1. The fourth-order valence-corrected chi connectivity index (χ4v) is 3.54. The van der Waals surface area contributed by atoms with Crippen LogP contribution in [0.2, 0.25) is 0 Å². The molecule has 1 saturated heterocycles. The molecule has 1 aliphatic heterocycles. The molecule has 0 saturated carbocycles. The van der Waals surface area contributed by atoms with Crippen LogP contribution >= 0.6 is 0 Å². The fraction of sp³-hybridized carbons (Fsp3) is 0.421. The van der Waals surface area contributed by atoms with Crippen molar-refractivity contribution in [2.75, 3.05) is 19.0 Å². The van der Waals surface area contributed by atoms with Crippen LogP contribution in [0, 0.1) is 13.8 Å². The summed E-state index contributed by atoms with van der Waals surface area (Å²) in [7, 11) is 1.61. The van der Waals surface area contributed by atoms with Gasteiger partial charge < -0.3 is 9.64 Å². The summed E-state index contributed by atoms with van der Waals surface area (Å²) in [6.45, 7) is 5.36. The Morgan fingerprint density at radius 1 is 1.32 bits per heavy atom. The molecule has 6 heteroatoms. The summed E-state index contributed by atoms with van der Waals surface area (Å²) in [4.78, 5) is 23.0. The number of nitrogens with one attached hydrogen (secondary N) is 1. The van der Waals surface area contributed by atoms with Crippen LogP contribution in [0.5, 0.6) is 0 Å². The summed E-state index contributed by atoms with van der Waals surface area (Å²) in [6, 6.07) is 8.02. The fourth-order valence-electron chi connectivity index (χ4n) is 3.54. The molecule has 1 fully saturated rings. The number of methoxy groups -OCH3 is 1. The van der Waals surface area contributed by atoms with Gasteiger partial charge in [-0.3, -0.25) is 5.32 Å². The first-order valence-corrected chi connectivity index (χ1v) is 8.53. The van der Waals surface area contributed by atoms with Gasteiger partial charge in [0.15, 0.2) is 0 Å².